The fourth-order valence-corrected chi connectivity index (χ4v) is 6.67. The third-order valence-electron chi connectivity index (χ3n) is 8.40. The zero-order valence-corrected chi connectivity index (χ0v) is 28.1. The maximum atomic E-state index is 4.93. The van der Waals surface area contributed by atoms with Gasteiger partial charge in [-0.25, -0.2) is 0 Å². The van der Waals surface area contributed by atoms with Gasteiger partial charge < -0.3 is 0 Å². The van der Waals surface area contributed by atoms with Gasteiger partial charge in [0.15, 0.2) is 0 Å². The van der Waals surface area contributed by atoms with Crippen LogP contribution in [0.4, 0.5) is 0 Å². The molecule has 0 heterocycles. The van der Waals surface area contributed by atoms with Gasteiger partial charge in [-0.15, -0.1) is 22.3 Å². The van der Waals surface area contributed by atoms with Crippen LogP contribution in [-0.4, -0.2) is 0 Å². The topological polar surface area (TPSA) is 0 Å². The molecule has 0 saturated carbocycles. The van der Waals surface area contributed by atoms with Gasteiger partial charge >= 0.3 is 37.9 Å². The van der Waals surface area contributed by atoms with Gasteiger partial charge in [-0.2, -0.15) is 47.5 Å². The molecule has 0 aromatic heterocycles. The zero-order chi connectivity index (χ0) is 29.8. The van der Waals surface area contributed by atoms with Crippen LogP contribution in [-0.2, 0) is 20.8 Å². The molecule has 0 aliphatic heterocycles. The van der Waals surface area contributed by atoms with Crippen LogP contribution in [0.25, 0.3) is 22.3 Å². The van der Waals surface area contributed by atoms with Gasteiger partial charge in [0.2, 0.25) is 0 Å². The van der Waals surface area contributed by atoms with Crippen LogP contribution in [0.15, 0.2) is 133 Å². The third kappa shape index (κ3) is 5.84. The molecule has 0 spiro atoms. The average Bonchev–Trinajstić information content (AvgIpc) is 3.57. The van der Waals surface area contributed by atoms with E-state index >= 15 is 0 Å². The van der Waals surface area contributed by atoms with Crippen molar-refractivity contribution < 1.29 is 20.8 Å². The normalized spacial score (nSPS) is 14.9. The van der Waals surface area contributed by atoms with Crippen LogP contribution < -0.4 is 0 Å². The molecule has 0 saturated heterocycles. The van der Waals surface area contributed by atoms with Crippen LogP contribution in [0.1, 0.15) is 56.3 Å². The van der Waals surface area contributed by atoms with E-state index in [2.05, 4.69) is 159 Å². The molecule has 3 heteroatoms. The van der Waals surface area contributed by atoms with Crippen LogP contribution in [0.5, 0.6) is 0 Å². The van der Waals surface area contributed by atoms with Crippen molar-refractivity contribution >= 4 is 17.0 Å². The molecule has 0 N–H and O–H groups in total. The molecule has 0 nitrogen and oxygen atoms in total. The van der Waals surface area contributed by atoms with Crippen LogP contribution in [0, 0.1) is 26.0 Å². The van der Waals surface area contributed by atoms with Gasteiger partial charge in [-0.05, 0) is 22.3 Å². The molecule has 2 unspecified atom stereocenters. The number of halogens is 2. The minimum atomic E-state index is -0.826. The molecule has 2 atom stereocenters. The molecule has 0 radical (unpaired) electrons. The Morgan fingerprint density at radius 3 is 1.23 bits per heavy atom. The number of hydrogen-bond acceptors (Lipinski definition) is 0. The summed E-state index contributed by atoms with van der Waals surface area (Å²) in [5, 5.41) is 0. The number of hydrogen-bond donors (Lipinski definition) is 0. The van der Waals surface area contributed by atoms with E-state index in [1.807, 2.05) is 0 Å². The predicted octanol–water partition coefficient (Wildman–Crippen LogP) is 11.3. The van der Waals surface area contributed by atoms with Crippen molar-refractivity contribution in [1.82, 2.24) is 0 Å². The Morgan fingerprint density at radius 1 is 0.488 bits per heavy atom. The van der Waals surface area contributed by atoms with Gasteiger partial charge in [0, 0.05) is 11.8 Å². The molecule has 2 aliphatic rings. The first-order valence-corrected chi connectivity index (χ1v) is 20.7. The molecule has 0 amide bonds. The summed E-state index contributed by atoms with van der Waals surface area (Å²) in [6, 6.07) is 54.4. The molecule has 0 fully saturated rings. The van der Waals surface area contributed by atoms with Crippen LogP contribution >= 0.6 is 17.0 Å². The Balaban J connectivity index is 0.000000141. The molecule has 8 rings (SSSR count). The standard InChI is InChI=1S/2C20H15.2ClH.Zr/c2*1-14-8-7-13-18-19(14)16-11-5-6-12-17(16)20(18)15-9-3-2-4-10-15;;;/h2*2-12,20H,1H3;2*1H;/q2*-1;;;+4/p-2. The van der Waals surface area contributed by atoms with Gasteiger partial charge in [0.05, 0.1) is 0 Å². The van der Waals surface area contributed by atoms with Crippen molar-refractivity contribution in [2.24, 2.45) is 0 Å². The van der Waals surface area contributed by atoms with Crippen molar-refractivity contribution in [3.05, 3.63) is 190 Å². The second-order valence-corrected chi connectivity index (χ2v) is 14.6. The van der Waals surface area contributed by atoms with Crippen molar-refractivity contribution in [2.75, 3.05) is 0 Å². The third-order valence-corrected chi connectivity index (χ3v) is 8.40. The molecule has 6 aromatic rings. The molecule has 208 valence electrons. The summed E-state index contributed by atoms with van der Waals surface area (Å²) in [7, 11) is 9.87. The van der Waals surface area contributed by atoms with E-state index in [1.54, 1.807) is 0 Å². The second kappa shape index (κ2) is 13.6. The summed E-state index contributed by atoms with van der Waals surface area (Å²) in [5.74, 6) is 0.643. The summed E-state index contributed by atoms with van der Waals surface area (Å²) in [6.45, 7) is 4.38. The first kappa shape index (κ1) is 29.8. The summed E-state index contributed by atoms with van der Waals surface area (Å²) in [4.78, 5) is 0. The summed E-state index contributed by atoms with van der Waals surface area (Å²) in [6.07, 6.45) is 0. The zero-order valence-electron chi connectivity index (χ0n) is 24.1. The van der Waals surface area contributed by atoms with E-state index in [-0.39, 0.29) is 0 Å². The molecule has 2 aliphatic carbocycles. The SMILES string of the molecule is Cc1cc[c-]c2c1-c1ccccc1C2c1ccccc1.Cc1cc[c-]c2c1-c1ccccc1C2c1ccccc1.[Cl][Zr+2][Cl]. The number of fused-ring (bicyclic) bond motifs is 6. The average molecular weight is 673 g/mol. The predicted molar refractivity (Wildman–Crippen MR) is 177 cm³/mol. The van der Waals surface area contributed by atoms with E-state index < -0.39 is 20.8 Å². The van der Waals surface area contributed by atoms with E-state index in [0.717, 1.165) is 0 Å². The van der Waals surface area contributed by atoms with Crippen LogP contribution in [0.3, 0.4) is 0 Å². The Bertz CT molecular complexity index is 1710. The number of aryl methyl sites for hydroxylation is 2. The first-order valence-electron chi connectivity index (χ1n) is 14.4. The number of rotatable bonds is 2. The molecule has 0 bridgehead atoms. The Labute approximate surface area is 274 Å². The van der Waals surface area contributed by atoms with Crippen molar-refractivity contribution in [3.63, 3.8) is 0 Å². The summed E-state index contributed by atoms with van der Waals surface area (Å²) in [5.41, 5.74) is 16.3. The van der Waals surface area contributed by atoms with Gasteiger partial charge in [0.25, 0.3) is 0 Å². The van der Waals surface area contributed by atoms with Gasteiger partial charge in [-0.1, -0.05) is 134 Å². The fraction of sp³-hybridized carbons (Fsp3) is 0.100. The van der Waals surface area contributed by atoms with Crippen molar-refractivity contribution in [3.8, 4) is 22.3 Å². The van der Waals surface area contributed by atoms with E-state index in [0.29, 0.717) is 11.8 Å². The summed E-state index contributed by atoms with van der Waals surface area (Å²) >= 11 is -0.826. The van der Waals surface area contributed by atoms with Gasteiger partial charge in [-0.3, -0.25) is 0 Å². The first-order chi connectivity index (χ1) is 21.1. The second-order valence-electron chi connectivity index (χ2n) is 10.8. The number of benzene rings is 6. The van der Waals surface area contributed by atoms with Crippen molar-refractivity contribution in [1.29, 1.82) is 0 Å². The van der Waals surface area contributed by atoms with Crippen LogP contribution in [0.2, 0.25) is 0 Å². The Hall–Kier alpha value is -3.22. The fourth-order valence-electron chi connectivity index (χ4n) is 6.67. The Morgan fingerprint density at radius 2 is 0.837 bits per heavy atom. The van der Waals surface area contributed by atoms with Gasteiger partial charge in [0.1, 0.15) is 0 Å². The summed E-state index contributed by atoms with van der Waals surface area (Å²) < 4.78 is 0. The van der Waals surface area contributed by atoms with Crippen molar-refractivity contribution in [2.45, 2.75) is 25.7 Å². The van der Waals surface area contributed by atoms with E-state index in [4.69, 9.17) is 17.0 Å². The van der Waals surface area contributed by atoms with E-state index in [9.17, 15) is 0 Å². The monoisotopic (exact) mass is 670 g/mol. The quantitative estimate of drug-likeness (QED) is 0.160. The molecular formula is C40H30Cl2Zr. The molecule has 43 heavy (non-hydrogen) atoms. The molecule has 6 aromatic carbocycles. The van der Waals surface area contributed by atoms with E-state index in [1.165, 1.54) is 66.8 Å². The maximum absolute atomic E-state index is 4.93. The Kier molecular flexibility index (Phi) is 9.44. The minimum absolute atomic E-state index is 0.322. The molecular weight excluding hydrogens is 643 g/mol.